The highest BCUT2D eigenvalue weighted by molar-refractivity contribution is 5.80. The first-order valence-corrected chi connectivity index (χ1v) is 9.72. The van der Waals surface area contributed by atoms with E-state index >= 15 is 0 Å². The molecular formula is C23H26N4O. The Morgan fingerprint density at radius 1 is 1.07 bits per heavy atom. The molecule has 1 aromatic heterocycles. The minimum atomic E-state index is -0.132. The maximum absolute atomic E-state index is 12.2. The standard InChI is InChI=1S/C23H26N4O/c1-16(2)22-20(14-26(3)25-22)23-24-21(28)15-27(23)13-17-9-11-19(12-10-17)18-7-5-4-6-8-18/h4-12,14,16,23H,13,15H2,1-3H3,(H,24,28). The first-order valence-electron chi connectivity index (χ1n) is 9.72. The highest BCUT2D eigenvalue weighted by atomic mass is 16.2. The number of rotatable bonds is 5. The second kappa shape index (κ2) is 7.60. The molecule has 1 amide bonds. The van der Waals surface area contributed by atoms with Gasteiger partial charge in [-0.15, -0.1) is 0 Å². The van der Waals surface area contributed by atoms with Crippen LogP contribution in [0.4, 0.5) is 0 Å². The van der Waals surface area contributed by atoms with Crippen molar-refractivity contribution in [2.45, 2.75) is 32.5 Å². The molecule has 1 aliphatic heterocycles. The molecule has 0 bridgehead atoms. The maximum Gasteiger partial charge on any atom is 0.235 e. The smallest absolute Gasteiger partial charge is 0.235 e. The monoisotopic (exact) mass is 374 g/mol. The topological polar surface area (TPSA) is 50.2 Å². The minimum Gasteiger partial charge on any atom is -0.335 e. The number of nitrogens with one attached hydrogen (secondary N) is 1. The molecule has 0 aliphatic carbocycles. The van der Waals surface area contributed by atoms with Crippen LogP contribution >= 0.6 is 0 Å². The molecule has 1 atom stereocenters. The van der Waals surface area contributed by atoms with Crippen LogP contribution < -0.4 is 5.32 Å². The summed E-state index contributed by atoms with van der Waals surface area (Å²) >= 11 is 0. The predicted octanol–water partition coefficient (Wildman–Crippen LogP) is 3.84. The van der Waals surface area contributed by atoms with E-state index in [2.05, 4.69) is 77.7 Å². The highest BCUT2D eigenvalue weighted by Crippen LogP contribution is 2.30. The Labute approximate surface area is 166 Å². The zero-order chi connectivity index (χ0) is 19.7. The van der Waals surface area contributed by atoms with Crippen molar-refractivity contribution in [2.24, 2.45) is 7.05 Å². The van der Waals surface area contributed by atoms with Gasteiger partial charge in [-0.3, -0.25) is 14.4 Å². The second-order valence-corrected chi connectivity index (χ2v) is 7.74. The van der Waals surface area contributed by atoms with E-state index in [0.717, 1.165) is 11.3 Å². The van der Waals surface area contributed by atoms with Crippen molar-refractivity contribution in [3.63, 3.8) is 0 Å². The first kappa shape index (κ1) is 18.4. The van der Waals surface area contributed by atoms with Gasteiger partial charge in [0, 0.05) is 25.4 Å². The Balaban J connectivity index is 1.56. The summed E-state index contributed by atoms with van der Waals surface area (Å²) in [4.78, 5) is 14.4. The van der Waals surface area contributed by atoms with Gasteiger partial charge in [0.05, 0.1) is 12.2 Å². The van der Waals surface area contributed by atoms with Crippen LogP contribution in [0.25, 0.3) is 11.1 Å². The van der Waals surface area contributed by atoms with E-state index in [9.17, 15) is 4.79 Å². The Kier molecular flexibility index (Phi) is 5.01. The van der Waals surface area contributed by atoms with Crippen molar-refractivity contribution in [1.29, 1.82) is 0 Å². The molecule has 144 valence electrons. The number of amides is 1. The third-order valence-corrected chi connectivity index (χ3v) is 5.18. The zero-order valence-electron chi connectivity index (χ0n) is 16.6. The third kappa shape index (κ3) is 3.71. The van der Waals surface area contributed by atoms with Crippen LogP contribution in [-0.2, 0) is 18.4 Å². The number of hydrogen-bond acceptors (Lipinski definition) is 3. The second-order valence-electron chi connectivity index (χ2n) is 7.74. The number of hydrogen-bond donors (Lipinski definition) is 1. The lowest BCUT2D eigenvalue weighted by molar-refractivity contribution is -0.118. The summed E-state index contributed by atoms with van der Waals surface area (Å²) in [6.45, 7) is 5.38. The van der Waals surface area contributed by atoms with Crippen molar-refractivity contribution in [1.82, 2.24) is 20.0 Å². The van der Waals surface area contributed by atoms with Crippen molar-refractivity contribution >= 4 is 5.91 Å². The van der Waals surface area contributed by atoms with Crippen LogP contribution in [0.1, 0.15) is 42.8 Å². The van der Waals surface area contributed by atoms with E-state index in [1.54, 1.807) is 0 Å². The predicted molar refractivity (Wildman–Crippen MR) is 110 cm³/mol. The van der Waals surface area contributed by atoms with E-state index in [0.29, 0.717) is 19.0 Å². The average molecular weight is 374 g/mol. The molecule has 2 aromatic carbocycles. The zero-order valence-corrected chi connectivity index (χ0v) is 16.6. The maximum atomic E-state index is 12.2. The van der Waals surface area contributed by atoms with Crippen LogP contribution in [0.3, 0.4) is 0 Å². The number of carbonyl (C=O) groups is 1. The van der Waals surface area contributed by atoms with Crippen molar-refractivity contribution < 1.29 is 4.79 Å². The Bertz CT molecular complexity index is 960. The Morgan fingerprint density at radius 2 is 1.75 bits per heavy atom. The lowest BCUT2D eigenvalue weighted by atomic mass is 10.0. The fraction of sp³-hybridized carbons (Fsp3) is 0.304. The largest absolute Gasteiger partial charge is 0.335 e. The van der Waals surface area contributed by atoms with Crippen LogP contribution in [0, 0.1) is 0 Å². The molecule has 5 nitrogen and oxygen atoms in total. The molecule has 1 aliphatic rings. The lowest BCUT2D eigenvalue weighted by Crippen LogP contribution is -2.28. The fourth-order valence-corrected chi connectivity index (χ4v) is 3.84. The SMILES string of the molecule is CC(C)c1nn(C)cc1C1NC(=O)CN1Cc1ccc(-c2ccccc2)cc1. The molecule has 2 heterocycles. The van der Waals surface area contributed by atoms with Crippen molar-refractivity contribution in [3.8, 4) is 11.1 Å². The minimum absolute atomic E-state index is 0.0597. The Hall–Kier alpha value is -2.92. The van der Waals surface area contributed by atoms with Gasteiger partial charge in [0.25, 0.3) is 0 Å². The van der Waals surface area contributed by atoms with E-state index < -0.39 is 0 Å². The van der Waals surface area contributed by atoms with E-state index in [4.69, 9.17) is 0 Å². The number of aromatic nitrogens is 2. The summed E-state index contributed by atoms with van der Waals surface area (Å²) in [5, 5.41) is 7.73. The third-order valence-electron chi connectivity index (χ3n) is 5.18. The summed E-state index contributed by atoms with van der Waals surface area (Å²) in [5.74, 6) is 0.366. The van der Waals surface area contributed by atoms with Gasteiger partial charge in [-0.1, -0.05) is 68.4 Å². The summed E-state index contributed by atoms with van der Waals surface area (Å²) in [7, 11) is 1.93. The van der Waals surface area contributed by atoms with Gasteiger partial charge < -0.3 is 5.32 Å². The molecule has 1 saturated heterocycles. The van der Waals surface area contributed by atoms with Gasteiger partial charge >= 0.3 is 0 Å². The van der Waals surface area contributed by atoms with Gasteiger partial charge in [-0.25, -0.2) is 0 Å². The van der Waals surface area contributed by atoms with E-state index in [1.807, 2.05) is 24.0 Å². The van der Waals surface area contributed by atoms with Gasteiger partial charge in [0.15, 0.2) is 0 Å². The van der Waals surface area contributed by atoms with Crippen LogP contribution in [0.2, 0.25) is 0 Å². The Morgan fingerprint density at radius 3 is 2.43 bits per heavy atom. The number of benzene rings is 2. The van der Waals surface area contributed by atoms with Crippen molar-refractivity contribution in [2.75, 3.05) is 6.54 Å². The van der Waals surface area contributed by atoms with Crippen LogP contribution in [-0.4, -0.2) is 27.1 Å². The molecule has 28 heavy (non-hydrogen) atoms. The average Bonchev–Trinajstić information content (AvgIpc) is 3.25. The lowest BCUT2D eigenvalue weighted by Gasteiger charge is -2.24. The number of carbonyl (C=O) groups excluding carboxylic acids is 1. The van der Waals surface area contributed by atoms with Gasteiger partial charge in [0.1, 0.15) is 6.17 Å². The fourth-order valence-electron chi connectivity index (χ4n) is 3.84. The quantitative estimate of drug-likeness (QED) is 0.738. The molecule has 3 aromatic rings. The molecule has 1 fully saturated rings. The van der Waals surface area contributed by atoms with Crippen LogP contribution in [0.15, 0.2) is 60.8 Å². The molecule has 4 rings (SSSR count). The highest BCUT2D eigenvalue weighted by Gasteiger charge is 2.34. The summed E-state index contributed by atoms with van der Waals surface area (Å²) < 4.78 is 1.84. The van der Waals surface area contributed by atoms with Gasteiger partial charge in [-0.05, 0) is 22.6 Å². The molecule has 1 N–H and O–H groups in total. The van der Waals surface area contributed by atoms with Gasteiger partial charge in [0.2, 0.25) is 5.91 Å². The van der Waals surface area contributed by atoms with E-state index in [1.165, 1.54) is 16.7 Å². The first-order chi connectivity index (χ1) is 13.5. The molecule has 0 radical (unpaired) electrons. The number of nitrogens with zero attached hydrogens (tertiary/aromatic N) is 3. The summed E-state index contributed by atoms with van der Waals surface area (Å²) in [6.07, 6.45) is 1.89. The van der Waals surface area contributed by atoms with Gasteiger partial charge in [-0.2, -0.15) is 5.10 Å². The summed E-state index contributed by atoms with van der Waals surface area (Å²) in [6, 6.07) is 18.9. The molecule has 0 spiro atoms. The van der Waals surface area contributed by atoms with Crippen LogP contribution in [0.5, 0.6) is 0 Å². The molecule has 1 unspecified atom stereocenters. The normalized spacial score (nSPS) is 17.3. The summed E-state index contributed by atoms with van der Waals surface area (Å²) in [5.41, 5.74) is 5.73. The molecular weight excluding hydrogens is 348 g/mol. The number of aryl methyl sites for hydroxylation is 1. The van der Waals surface area contributed by atoms with Crippen molar-refractivity contribution in [3.05, 3.63) is 77.6 Å². The van der Waals surface area contributed by atoms with E-state index in [-0.39, 0.29) is 12.1 Å². The molecule has 5 heteroatoms. The molecule has 0 saturated carbocycles.